The SMILES string of the molecule is CC(=O)N(CCC(=O)Nc1ccc(Cl)cc1Cl)c1cc(C)cc(C)c1. The van der Waals surface area contributed by atoms with E-state index in [-0.39, 0.29) is 24.8 Å². The van der Waals surface area contributed by atoms with E-state index < -0.39 is 0 Å². The number of benzene rings is 2. The molecule has 0 aromatic heterocycles. The summed E-state index contributed by atoms with van der Waals surface area (Å²) in [6.45, 7) is 5.73. The Kier molecular flexibility index (Phi) is 6.45. The van der Waals surface area contributed by atoms with Gasteiger partial charge in [-0.1, -0.05) is 29.3 Å². The van der Waals surface area contributed by atoms with Crippen molar-refractivity contribution in [3.63, 3.8) is 0 Å². The molecule has 0 saturated heterocycles. The summed E-state index contributed by atoms with van der Waals surface area (Å²) in [6, 6.07) is 10.8. The van der Waals surface area contributed by atoms with Crippen LogP contribution in [0.3, 0.4) is 0 Å². The molecule has 2 aromatic carbocycles. The number of nitrogens with zero attached hydrogens (tertiary/aromatic N) is 1. The van der Waals surface area contributed by atoms with Crippen LogP contribution in [-0.2, 0) is 9.59 Å². The summed E-state index contributed by atoms with van der Waals surface area (Å²) >= 11 is 11.9. The first kappa shape index (κ1) is 19.3. The summed E-state index contributed by atoms with van der Waals surface area (Å²) in [6.07, 6.45) is 0.158. The highest BCUT2D eigenvalue weighted by atomic mass is 35.5. The van der Waals surface area contributed by atoms with E-state index in [2.05, 4.69) is 5.32 Å². The molecule has 2 amide bonds. The Morgan fingerprint density at radius 1 is 1.04 bits per heavy atom. The molecular weight excluding hydrogens is 359 g/mol. The minimum Gasteiger partial charge on any atom is -0.325 e. The maximum absolute atomic E-state index is 12.2. The van der Waals surface area contributed by atoms with Crippen molar-refractivity contribution in [2.24, 2.45) is 0 Å². The molecular formula is C19H20Cl2N2O2. The zero-order chi connectivity index (χ0) is 18.6. The van der Waals surface area contributed by atoms with Crippen LogP contribution in [0.1, 0.15) is 24.5 Å². The van der Waals surface area contributed by atoms with E-state index in [1.54, 1.807) is 23.1 Å². The first-order chi connectivity index (χ1) is 11.8. The zero-order valence-electron chi connectivity index (χ0n) is 14.4. The number of carbonyl (C=O) groups is 2. The lowest BCUT2D eigenvalue weighted by atomic mass is 10.1. The van der Waals surface area contributed by atoms with Crippen LogP contribution in [0.5, 0.6) is 0 Å². The van der Waals surface area contributed by atoms with E-state index in [0.717, 1.165) is 16.8 Å². The molecule has 132 valence electrons. The Balaban J connectivity index is 2.05. The molecule has 0 aliphatic rings. The Bertz CT molecular complexity index is 786. The third-order valence-corrected chi connectivity index (χ3v) is 4.21. The summed E-state index contributed by atoms with van der Waals surface area (Å²) in [7, 11) is 0. The molecule has 2 rings (SSSR count). The number of halogens is 2. The lowest BCUT2D eigenvalue weighted by Crippen LogP contribution is -2.32. The van der Waals surface area contributed by atoms with Crippen molar-refractivity contribution in [1.29, 1.82) is 0 Å². The molecule has 0 bridgehead atoms. The van der Waals surface area contributed by atoms with Crippen LogP contribution < -0.4 is 10.2 Å². The van der Waals surface area contributed by atoms with Crippen LogP contribution in [0, 0.1) is 13.8 Å². The molecule has 6 heteroatoms. The van der Waals surface area contributed by atoms with Gasteiger partial charge in [-0.25, -0.2) is 0 Å². The lowest BCUT2D eigenvalue weighted by molar-refractivity contribution is -0.117. The summed E-state index contributed by atoms with van der Waals surface area (Å²) in [5.74, 6) is -0.331. The van der Waals surface area contributed by atoms with Gasteiger partial charge in [0.1, 0.15) is 0 Å². The number of nitrogens with one attached hydrogen (secondary N) is 1. The van der Waals surface area contributed by atoms with Crippen LogP contribution in [0.4, 0.5) is 11.4 Å². The summed E-state index contributed by atoms with van der Waals surface area (Å²) in [5, 5.41) is 3.61. The number of rotatable bonds is 5. The second-order valence-electron chi connectivity index (χ2n) is 5.94. The average molecular weight is 379 g/mol. The maximum Gasteiger partial charge on any atom is 0.226 e. The fraction of sp³-hybridized carbons (Fsp3) is 0.263. The van der Waals surface area contributed by atoms with E-state index in [9.17, 15) is 9.59 Å². The second kappa shape index (κ2) is 8.37. The van der Waals surface area contributed by atoms with Crippen LogP contribution in [0.25, 0.3) is 0 Å². The van der Waals surface area contributed by atoms with Gasteiger partial charge in [0.25, 0.3) is 0 Å². The molecule has 0 saturated carbocycles. The molecule has 0 aliphatic carbocycles. The van der Waals surface area contributed by atoms with Gasteiger partial charge in [-0.05, 0) is 55.3 Å². The van der Waals surface area contributed by atoms with Crippen molar-refractivity contribution in [3.05, 3.63) is 57.6 Å². The Morgan fingerprint density at radius 3 is 2.24 bits per heavy atom. The molecule has 0 aliphatic heterocycles. The van der Waals surface area contributed by atoms with Crippen molar-refractivity contribution < 1.29 is 9.59 Å². The quantitative estimate of drug-likeness (QED) is 0.796. The maximum atomic E-state index is 12.2. The number of carbonyl (C=O) groups excluding carboxylic acids is 2. The molecule has 2 aromatic rings. The fourth-order valence-electron chi connectivity index (χ4n) is 2.59. The normalized spacial score (nSPS) is 10.4. The van der Waals surface area contributed by atoms with Gasteiger partial charge in [0.15, 0.2) is 0 Å². The number of anilines is 2. The summed E-state index contributed by atoms with van der Waals surface area (Å²) in [5.41, 5.74) is 3.43. The van der Waals surface area contributed by atoms with E-state index in [1.807, 2.05) is 32.0 Å². The Morgan fingerprint density at radius 2 is 1.68 bits per heavy atom. The lowest BCUT2D eigenvalue weighted by Gasteiger charge is -2.22. The predicted octanol–water partition coefficient (Wildman–Crippen LogP) is 4.99. The van der Waals surface area contributed by atoms with Gasteiger partial charge in [-0.15, -0.1) is 0 Å². The molecule has 0 spiro atoms. The molecule has 0 heterocycles. The molecule has 0 atom stereocenters. The third kappa shape index (κ3) is 5.48. The van der Waals surface area contributed by atoms with Crippen molar-refractivity contribution in [1.82, 2.24) is 0 Å². The van der Waals surface area contributed by atoms with E-state index >= 15 is 0 Å². The number of hydrogen-bond donors (Lipinski definition) is 1. The van der Waals surface area contributed by atoms with Crippen molar-refractivity contribution >= 4 is 46.4 Å². The van der Waals surface area contributed by atoms with Gasteiger partial charge < -0.3 is 10.2 Å². The van der Waals surface area contributed by atoms with Crippen molar-refractivity contribution in [3.8, 4) is 0 Å². The highest BCUT2D eigenvalue weighted by molar-refractivity contribution is 6.36. The highest BCUT2D eigenvalue weighted by Gasteiger charge is 2.15. The molecule has 1 N–H and O–H groups in total. The van der Waals surface area contributed by atoms with Gasteiger partial charge in [-0.2, -0.15) is 0 Å². The first-order valence-electron chi connectivity index (χ1n) is 7.87. The van der Waals surface area contributed by atoms with Crippen LogP contribution in [-0.4, -0.2) is 18.4 Å². The van der Waals surface area contributed by atoms with Crippen LogP contribution in [0.15, 0.2) is 36.4 Å². The molecule has 0 fully saturated rings. The summed E-state index contributed by atoms with van der Waals surface area (Å²) in [4.78, 5) is 25.8. The van der Waals surface area contributed by atoms with Crippen molar-refractivity contribution in [2.45, 2.75) is 27.2 Å². The van der Waals surface area contributed by atoms with Gasteiger partial charge in [0.05, 0.1) is 10.7 Å². The smallest absolute Gasteiger partial charge is 0.226 e. The Hall–Kier alpha value is -2.04. The van der Waals surface area contributed by atoms with Crippen molar-refractivity contribution in [2.75, 3.05) is 16.8 Å². The fourth-order valence-corrected chi connectivity index (χ4v) is 3.05. The third-order valence-electron chi connectivity index (χ3n) is 3.67. The Labute approximate surface area is 157 Å². The number of amides is 2. The van der Waals surface area contributed by atoms with E-state index in [1.165, 1.54) is 6.92 Å². The van der Waals surface area contributed by atoms with E-state index in [0.29, 0.717) is 15.7 Å². The predicted molar refractivity (Wildman–Crippen MR) is 104 cm³/mol. The topological polar surface area (TPSA) is 49.4 Å². The molecule has 0 radical (unpaired) electrons. The van der Waals surface area contributed by atoms with Gasteiger partial charge >= 0.3 is 0 Å². The molecule has 4 nitrogen and oxygen atoms in total. The highest BCUT2D eigenvalue weighted by Crippen LogP contribution is 2.25. The van der Waals surface area contributed by atoms with E-state index in [4.69, 9.17) is 23.2 Å². The minimum absolute atomic E-state index is 0.109. The van der Waals surface area contributed by atoms with Crippen LogP contribution >= 0.6 is 23.2 Å². The standard InChI is InChI=1S/C19H20Cl2N2O2/c1-12-8-13(2)10-16(9-12)23(14(3)24)7-6-19(25)22-18-5-4-15(20)11-17(18)21/h4-5,8-11H,6-7H2,1-3H3,(H,22,25). The number of hydrogen-bond acceptors (Lipinski definition) is 2. The average Bonchev–Trinajstić information content (AvgIpc) is 2.49. The minimum atomic E-state index is -0.222. The van der Waals surface area contributed by atoms with Gasteiger partial charge in [-0.3, -0.25) is 9.59 Å². The number of aryl methyl sites for hydroxylation is 2. The first-order valence-corrected chi connectivity index (χ1v) is 8.63. The van der Waals surface area contributed by atoms with Gasteiger partial charge in [0.2, 0.25) is 11.8 Å². The monoisotopic (exact) mass is 378 g/mol. The molecule has 25 heavy (non-hydrogen) atoms. The summed E-state index contributed by atoms with van der Waals surface area (Å²) < 4.78 is 0. The zero-order valence-corrected chi connectivity index (χ0v) is 15.9. The largest absolute Gasteiger partial charge is 0.325 e. The van der Waals surface area contributed by atoms with Crippen LogP contribution in [0.2, 0.25) is 10.0 Å². The molecule has 0 unspecified atom stereocenters. The van der Waals surface area contributed by atoms with Gasteiger partial charge in [0, 0.05) is 30.6 Å². The second-order valence-corrected chi connectivity index (χ2v) is 6.78.